The van der Waals surface area contributed by atoms with Gasteiger partial charge < -0.3 is 14.6 Å². The van der Waals surface area contributed by atoms with Gasteiger partial charge in [0, 0.05) is 19.4 Å². The van der Waals surface area contributed by atoms with Gasteiger partial charge in [0.1, 0.15) is 15.8 Å². The second-order valence-corrected chi connectivity index (χ2v) is 9.90. The Labute approximate surface area is 199 Å². The van der Waals surface area contributed by atoms with Crippen molar-refractivity contribution in [3.63, 3.8) is 0 Å². The van der Waals surface area contributed by atoms with Crippen LogP contribution in [0.15, 0.2) is 57.7 Å². The maximum atomic E-state index is 11.2. The molecule has 0 bridgehead atoms. The van der Waals surface area contributed by atoms with Gasteiger partial charge in [0.25, 0.3) is 0 Å². The van der Waals surface area contributed by atoms with E-state index in [4.69, 9.17) is 14.6 Å². The smallest absolute Gasteiger partial charge is 0.333 e. The summed E-state index contributed by atoms with van der Waals surface area (Å²) >= 11 is 4.75. The number of hydrogen-bond donors (Lipinski definition) is 1. The van der Waals surface area contributed by atoms with E-state index >= 15 is 0 Å². The predicted octanol–water partition coefficient (Wildman–Crippen LogP) is 5.50. The molecule has 154 valence electrons. The number of carboxylic acids is 1. The lowest BCUT2D eigenvalue weighted by Crippen LogP contribution is -2.26. The maximum absolute atomic E-state index is 11.2. The molecule has 0 saturated heterocycles. The molecule has 2 rings (SSSR count). The highest BCUT2D eigenvalue weighted by molar-refractivity contribution is 14.1. The van der Waals surface area contributed by atoms with Crippen LogP contribution < -0.4 is 4.74 Å². The van der Waals surface area contributed by atoms with Crippen LogP contribution in [0.3, 0.4) is 0 Å². The van der Waals surface area contributed by atoms with E-state index in [1.54, 1.807) is 6.92 Å². The van der Waals surface area contributed by atoms with Gasteiger partial charge in [-0.05, 0) is 69.4 Å². The summed E-state index contributed by atoms with van der Waals surface area (Å²) < 4.78 is 12.2. The summed E-state index contributed by atoms with van der Waals surface area (Å²) in [5.74, 6) is 6.35. The van der Waals surface area contributed by atoms with Crippen molar-refractivity contribution in [3.05, 3.63) is 63.3 Å². The normalized spacial score (nSPS) is 19.7. The lowest BCUT2D eigenvalue weighted by Gasteiger charge is -2.19. The minimum Gasteiger partial charge on any atom is -0.490 e. The van der Waals surface area contributed by atoms with Crippen molar-refractivity contribution in [1.29, 1.82) is 0 Å². The third-order valence-corrected chi connectivity index (χ3v) is 5.91. The minimum absolute atomic E-state index is 0.149. The van der Waals surface area contributed by atoms with Crippen molar-refractivity contribution in [1.82, 2.24) is 0 Å². The number of carboxylic acid groups (broad SMARTS) is 1. The van der Waals surface area contributed by atoms with Gasteiger partial charge in [0.2, 0.25) is 0 Å². The van der Waals surface area contributed by atoms with Gasteiger partial charge in [-0.15, -0.1) is 0 Å². The zero-order valence-corrected chi connectivity index (χ0v) is 20.8. The molecule has 0 heterocycles. The van der Waals surface area contributed by atoms with Crippen molar-refractivity contribution in [2.75, 3.05) is 13.2 Å². The van der Waals surface area contributed by atoms with Gasteiger partial charge in [0.05, 0.1) is 0 Å². The maximum Gasteiger partial charge on any atom is 0.333 e. The molecule has 4 nitrogen and oxygen atoms in total. The monoisotopic (exact) mass is 618 g/mol. The highest BCUT2D eigenvalue weighted by atomic mass is 127. The molecular formula is C23H24I2O4. The van der Waals surface area contributed by atoms with Crippen LogP contribution in [0, 0.1) is 11.8 Å². The second kappa shape index (κ2) is 11.8. The summed E-state index contributed by atoms with van der Waals surface area (Å²) in [6.45, 7) is 4.57. The Hall–Kier alpha value is -1.31. The fraction of sp³-hybridized carbons (Fsp3) is 0.348. The molecule has 1 unspecified atom stereocenters. The predicted molar refractivity (Wildman–Crippen MR) is 133 cm³/mol. The average Bonchev–Trinajstić information content (AvgIpc) is 2.67. The lowest BCUT2D eigenvalue weighted by molar-refractivity contribution is -0.149. The molecule has 6 heteroatoms. The van der Waals surface area contributed by atoms with E-state index in [1.165, 1.54) is 3.58 Å². The van der Waals surface area contributed by atoms with Gasteiger partial charge >= 0.3 is 5.97 Å². The van der Waals surface area contributed by atoms with E-state index in [0.29, 0.717) is 19.6 Å². The third-order valence-electron chi connectivity index (χ3n) is 4.16. The molecule has 0 aromatic heterocycles. The van der Waals surface area contributed by atoms with E-state index in [2.05, 4.69) is 75.3 Å². The Bertz CT molecular complexity index is 859. The molecule has 0 saturated carbocycles. The molecule has 1 aromatic rings. The molecule has 1 aliphatic carbocycles. The van der Waals surface area contributed by atoms with E-state index < -0.39 is 12.1 Å². The summed E-state index contributed by atoms with van der Waals surface area (Å²) in [6, 6.07) is 7.42. The lowest BCUT2D eigenvalue weighted by atomic mass is 10.0. The van der Waals surface area contributed by atoms with Gasteiger partial charge in [-0.1, -0.05) is 64.8 Å². The second-order valence-electron chi connectivity index (χ2n) is 6.59. The highest BCUT2D eigenvalue weighted by Gasteiger charge is 2.23. The SMILES string of the molecule is CCO[C@@H](Cc1ccc(OC/C=C(/C)C#CC2(I)C=CC=C(I)C2)cc1)C(=O)O. The molecule has 0 fully saturated rings. The van der Waals surface area contributed by atoms with E-state index in [1.807, 2.05) is 37.3 Å². The van der Waals surface area contributed by atoms with Crippen molar-refractivity contribution in [3.8, 4) is 17.6 Å². The molecule has 0 radical (unpaired) electrons. The Balaban J connectivity index is 1.87. The quantitative estimate of drug-likeness (QED) is 0.238. The first-order valence-corrected chi connectivity index (χ1v) is 11.5. The van der Waals surface area contributed by atoms with Crippen LogP contribution in [-0.2, 0) is 16.0 Å². The number of alkyl halides is 1. The molecule has 29 heavy (non-hydrogen) atoms. The van der Waals surface area contributed by atoms with Gasteiger partial charge in [-0.25, -0.2) is 4.79 Å². The molecule has 0 spiro atoms. The largest absolute Gasteiger partial charge is 0.490 e. The van der Waals surface area contributed by atoms with E-state index in [9.17, 15) is 4.79 Å². The van der Waals surface area contributed by atoms with Gasteiger partial charge in [-0.2, -0.15) is 0 Å². The Morgan fingerprint density at radius 3 is 2.72 bits per heavy atom. The van der Waals surface area contributed by atoms with Crippen LogP contribution >= 0.6 is 45.2 Å². The Kier molecular flexibility index (Phi) is 9.72. The van der Waals surface area contributed by atoms with Crippen LogP contribution in [0.25, 0.3) is 0 Å². The summed E-state index contributed by atoms with van der Waals surface area (Å²) in [6.07, 6.45) is 8.71. The van der Waals surface area contributed by atoms with Crippen molar-refractivity contribution >= 4 is 51.2 Å². The molecule has 1 aliphatic rings. The van der Waals surface area contributed by atoms with Crippen molar-refractivity contribution < 1.29 is 19.4 Å². The molecule has 0 amide bonds. The molecule has 1 aromatic carbocycles. The van der Waals surface area contributed by atoms with Crippen molar-refractivity contribution in [2.45, 2.75) is 36.2 Å². The number of carbonyl (C=O) groups is 1. The van der Waals surface area contributed by atoms with Crippen molar-refractivity contribution in [2.24, 2.45) is 0 Å². The summed E-state index contributed by atoms with van der Waals surface area (Å²) in [5, 5.41) is 9.17. The van der Waals surface area contributed by atoms with Crippen LogP contribution in [0.1, 0.15) is 25.8 Å². The number of ether oxygens (including phenoxy) is 2. The standard InChI is InChI=1S/C23H24I2O4/c1-3-28-21(22(26)27)15-18-6-8-20(9-7-18)29-14-11-17(2)10-13-23(25)12-4-5-19(24)16-23/h4-9,11-12,21H,3,14-16H2,1-2H3,(H,26,27)/b17-11-/t21-,23?/m0/s1. The number of allylic oxidation sites excluding steroid dienone is 5. The van der Waals surface area contributed by atoms with Gasteiger partial charge in [0.15, 0.2) is 6.10 Å². The van der Waals surface area contributed by atoms with Crippen LogP contribution in [0.2, 0.25) is 0 Å². The molecule has 1 N–H and O–H groups in total. The first-order chi connectivity index (χ1) is 13.8. The topological polar surface area (TPSA) is 55.8 Å². The number of aliphatic carboxylic acids is 1. The highest BCUT2D eigenvalue weighted by Crippen LogP contribution is 2.34. The molecule has 2 atom stereocenters. The summed E-state index contributed by atoms with van der Waals surface area (Å²) in [5.41, 5.74) is 1.86. The number of hydrogen-bond acceptors (Lipinski definition) is 3. The Morgan fingerprint density at radius 1 is 1.38 bits per heavy atom. The average molecular weight is 618 g/mol. The number of halogens is 2. The zero-order valence-electron chi connectivity index (χ0n) is 16.5. The number of rotatable bonds is 8. The van der Waals surface area contributed by atoms with E-state index in [0.717, 1.165) is 23.3 Å². The zero-order chi connectivity index (χ0) is 21.3. The van der Waals surface area contributed by atoms with Crippen LogP contribution in [0.4, 0.5) is 0 Å². The first kappa shape index (κ1) is 24.0. The Morgan fingerprint density at radius 2 is 2.10 bits per heavy atom. The molecule has 0 aliphatic heterocycles. The summed E-state index contributed by atoms with van der Waals surface area (Å²) in [4.78, 5) is 11.2. The molecular weight excluding hydrogens is 594 g/mol. The fourth-order valence-electron chi connectivity index (χ4n) is 2.63. The fourth-order valence-corrected chi connectivity index (χ4v) is 4.92. The number of benzene rings is 1. The summed E-state index contributed by atoms with van der Waals surface area (Å²) in [7, 11) is 0. The van der Waals surface area contributed by atoms with Gasteiger partial charge in [-0.3, -0.25) is 0 Å². The minimum atomic E-state index is -0.948. The van der Waals surface area contributed by atoms with Crippen LogP contribution in [-0.4, -0.2) is 33.8 Å². The third kappa shape index (κ3) is 8.52. The van der Waals surface area contributed by atoms with E-state index in [-0.39, 0.29) is 3.42 Å². The first-order valence-electron chi connectivity index (χ1n) is 9.30. The van der Waals surface area contributed by atoms with Crippen LogP contribution in [0.5, 0.6) is 5.75 Å².